The van der Waals surface area contributed by atoms with Crippen molar-refractivity contribution in [3.05, 3.63) is 0 Å². The summed E-state index contributed by atoms with van der Waals surface area (Å²) in [6.07, 6.45) is 3.81. The summed E-state index contributed by atoms with van der Waals surface area (Å²) in [6.45, 7) is 3.01. The minimum absolute atomic E-state index is 0.00236. The Kier molecular flexibility index (Phi) is 4.80. The quantitative estimate of drug-likeness (QED) is 0.772. The number of aliphatic hydroxyl groups is 1. The fourth-order valence-corrected chi connectivity index (χ4v) is 3.17. The lowest BCUT2D eigenvalue weighted by Gasteiger charge is -2.34. The number of amides is 1. The Bertz CT molecular complexity index is 336. The predicted molar refractivity (Wildman–Crippen MR) is 69.3 cm³/mol. The highest BCUT2D eigenvalue weighted by Gasteiger charge is 2.37. The van der Waals surface area contributed by atoms with Gasteiger partial charge in [0.05, 0.1) is 12.5 Å². The first-order valence-electron chi connectivity index (χ1n) is 7.22. The molecule has 0 aromatic heterocycles. The van der Waals surface area contributed by atoms with Gasteiger partial charge in [0.1, 0.15) is 0 Å². The number of esters is 1. The average Bonchev–Trinajstić information content (AvgIpc) is 2.80. The number of likely N-dealkylation sites (tertiary alicyclic amines) is 1. The normalized spacial score (nSPS) is 31.6. The molecule has 1 heterocycles. The van der Waals surface area contributed by atoms with Crippen LogP contribution in [0.1, 0.15) is 39.0 Å². The Labute approximate surface area is 113 Å². The lowest BCUT2D eigenvalue weighted by molar-refractivity contribution is -0.149. The van der Waals surface area contributed by atoms with Gasteiger partial charge in [-0.15, -0.1) is 0 Å². The topological polar surface area (TPSA) is 66.8 Å². The van der Waals surface area contributed by atoms with Crippen molar-refractivity contribution in [1.29, 1.82) is 0 Å². The van der Waals surface area contributed by atoms with Crippen LogP contribution in [0.25, 0.3) is 0 Å². The van der Waals surface area contributed by atoms with Gasteiger partial charge in [-0.3, -0.25) is 9.59 Å². The minimum atomic E-state index is -0.0954. The van der Waals surface area contributed by atoms with E-state index >= 15 is 0 Å². The van der Waals surface area contributed by atoms with Crippen molar-refractivity contribution in [2.75, 3.05) is 19.8 Å². The summed E-state index contributed by atoms with van der Waals surface area (Å²) in [6, 6.07) is 0.245. The van der Waals surface area contributed by atoms with E-state index in [0.717, 1.165) is 25.7 Å². The highest BCUT2D eigenvalue weighted by atomic mass is 16.5. The lowest BCUT2D eigenvalue weighted by Crippen LogP contribution is -2.40. The van der Waals surface area contributed by atoms with E-state index in [1.807, 2.05) is 11.8 Å². The van der Waals surface area contributed by atoms with Crippen molar-refractivity contribution in [3.8, 4) is 0 Å². The minimum Gasteiger partial charge on any atom is -0.466 e. The number of aliphatic hydroxyl groups excluding tert-OH is 1. The Balaban J connectivity index is 1.83. The molecule has 2 fully saturated rings. The molecule has 1 saturated carbocycles. The van der Waals surface area contributed by atoms with Gasteiger partial charge in [0.15, 0.2) is 0 Å². The van der Waals surface area contributed by atoms with E-state index < -0.39 is 0 Å². The van der Waals surface area contributed by atoms with E-state index in [9.17, 15) is 9.59 Å². The van der Waals surface area contributed by atoms with Crippen LogP contribution in [0.5, 0.6) is 0 Å². The molecule has 5 heteroatoms. The molecule has 0 aromatic carbocycles. The number of hydrogen-bond acceptors (Lipinski definition) is 4. The standard InChI is InChI=1S/C14H23NO4/c1-2-19-14(18)11-3-5-12(6-4-11)15-8-10(9-16)7-13(15)17/h10-12,16H,2-9H2,1H3. The summed E-state index contributed by atoms with van der Waals surface area (Å²) in [7, 11) is 0. The summed E-state index contributed by atoms with van der Waals surface area (Å²) >= 11 is 0. The maximum absolute atomic E-state index is 11.9. The van der Waals surface area contributed by atoms with Crippen LogP contribution in [0.15, 0.2) is 0 Å². The molecule has 2 rings (SSSR count). The van der Waals surface area contributed by atoms with Crippen molar-refractivity contribution in [3.63, 3.8) is 0 Å². The van der Waals surface area contributed by atoms with Crippen LogP contribution >= 0.6 is 0 Å². The maximum atomic E-state index is 11.9. The van der Waals surface area contributed by atoms with Gasteiger partial charge >= 0.3 is 5.97 Å². The van der Waals surface area contributed by atoms with Crippen LogP contribution in [0.2, 0.25) is 0 Å². The van der Waals surface area contributed by atoms with E-state index in [0.29, 0.717) is 19.6 Å². The highest BCUT2D eigenvalue weighted by Crippen LogP contribution is 2.31. The van der Waals surface area contributed by atoms with Crippen LogP contribution in [-0.4, -0.2) is 47.7 Å². The first kappa shape index (κ1) is 14.3. The molecule has 0 spiro atoms. The first-order valence-corrected chi connectivity index (χ1v) is 7.22. The molecule has 1 saturated heterocycles. The summed E-state index contributed by atoms with van der Waals surface area (Å²) in [5, 5.41) is 9.13. The van der Waals surface area contributed by atoms with Crippen LogP contribution < -0.4 is 0 Å². The van der Waals surface area contributed by atoms with Gasteiger partial charge in [-0.05, 0) is 32.6 Å². The molecular formula is C14H23NO4. The van der Waals surface area contributed by atoms with Crippen molar-refractivity contribution in [1.82, 2.24) is 4.90 Å². The second-order valence-electron chi connectivity index (χ2n) is 5.56. The smallest absolute Gasteiger partial charge is 0.308 e. The van der Waals surface area contributed by atoms with Gasteiger partial charge < -0.3 is 14.7 Å². The van der Waals surface area contributed by atoms with Crippen molar-refractivity contribution >= 4 is 11.9 Å². The zero-order valence-electron chi connectivity index (χ0n) is 11.5. The van der Waals surface area contributed by atoms with Crippen LogP contribution in [0, 0.1) is 11.8 Å². The first-order chi connectivity index (χ1) is 9.15. The van der Waals surface area contributed by atoms with Crippen LogP contribution in [0.4, 0.5) is 0 Å². The Hall–Kier alpha value is -1.10. The number of carbonyl (C=O) groups is 2. The number of rotatable bonds is 4. The Morgan fingerprint density at radius 3 is 2.58 bits per heavy atom. The van der Waals surface area contributed by atoms with Crippen LogP contribution in [0.3, 0.4) is 0 Å². The summed E-state index contributed by atoms with van der Waals surface area (Å²) in [4.78, 5) is 25.4. The largest absolute Gasteiger partial charge is 0.466 e. The number of carbonyl (C=O) groups excluding carboxylic acids is 2. The predicted octanol–water partition coefficient (Wildman–Crippen LogP) is 0.949. The summed E-state index contributed by atoms with van der Waals surface area (Å²) < 4.78 is 5.05. The molecule has 1 aliphatic heterocycles. The third-order valence-corrected chi connectivity index (χ3v) is 4.25. The molecule has 1 N–H and O–H groups in total. The maximum Gasteiger partial charge on any atom is 0.308 e. The molecule has 0 radical (unpaired) electrons. The highest BCUT2D eigenvalue weighted by molar-refractivity contribution is 5.79. The molecule has 0 bridgehead atoms. The third kappa shape index (κ3) is 3.26. The third-order valence-electron chi connectivity index (χ3n) is 4.25. The fourth-order valence-electron chi connectivity index (χ4n) is 3.17. The second kappa shape index (κ2) is 6.37. The molecular weight excluding hydrogens is 246 g/mol. The van der Waals surface area contributed by atoms with E-state index in [4.69, 9.17) is 9.84 Å². The number of hydrogen-bond donors (Lipinski definition) is 1. The lowest BCUT2D eigenvalue weighted by atomic mass is 9.85. The molecule has 5 nitrogen and oxygen atoms in total. The molecule has 108 valence electrons. The number of ether oxygens (including phenoxy) is 1. The Morgan fingerprint density at radius 2 is 2.05 bits per heavy atom. The zero-order valence-corrected chi connectivity index (χ0v) is 11.5. The van der Waals surface area contributed by atoms with Gasteiger partial charge in [0.2, 0.25) is 5.91 Å². The molecule has 19 heavy (non-hydrogen) atoms. The van der Waals surface area contributed by atoms with E-state index in [1.54, 1.807) is 0 Å². The number of nitrogens with zero attached hydrogens (tertiary/aromatic N) is 1. The fraction of sp³-hybridized carbons (Fsp3) is 0.857. The van der Waals surface area contributed by atoms with Gasteiger partial charge in [0.25, 0.3) is 0 Å². The van der Waals surface area contributed by atoms with E-state index in [1.165, 1.54) is 0 Å². The molecule has 1 atom stereocenters. The van der Waals surface area contributed by atoms with Crippen LogP contribution in [-0.2, 0) is 14.3 Å². The van der Waals surface area contributed by atoms with Gasteiger partial charge in [0, 0.05) is 31.5 Å². The molecule has 1 amide bonds. The second-order valence-corrected chi connectivity index (χ2v) is 5.56. The van der Waals surface area contributed by atoms with Crippen molar-refractivity contribution in [2.24, 2.45) is 11.8 Å². The molecule has 0 aromatic rings. The van der Waals surface area contributed by atoms with Gasteiger partial charge in [-0.1, -0.05) is 0 Å². The van der Waals surface area contributed by atoms with Gasteiger partial charge in [-0.2, -0.15) is 0 Å². The monoisotopic (exact) mass is 269 g/mol. The SMILES string of the molecule is CCOC(=O)C1CCC(N2CC(CO)CC2=O)CC1. The summed E-state index contributed by atoms with van der Waals surface area (Å²) in [5.41, 5.74) is 0. The Morgan fingerprint density at radius 1 is 1.37 bits per heavy atom. The average molecular weight is 269 g/mol. The molecule has 1 unspecified atom stereocenters. The zero-order chi connectivity index (χ0) is 13.8. The van der Waals surface area contributed by atoms with Crippen molar-refractivity contribution in [2.45, 2.75) is 45.1 Å². The van der Waals surface area contributed by atoms with Crippen molar-refractivity contribution < 1.29 is 19.4 Å². The molecule has 2 aliphatic rings. The van der Waals surface area contributed by atoms with E-state index in [-0.39, 0.29) is 36.4 Å². The van der Waals surface area contributed by atoms with E-state index in [2.05, 4.69) is 0 Å². The summed E-state index contributed by atoms with van der Waals surface area (Å²) in [5.74, 6) is 0.151. The van der Waals surface area contributed by atoms with Gasteiger partial charge in [-0.25, -0.2) is 0 Å². The molecule has 1 aliphatic carbocycles.